The highest BCUT2D eigenvalue weighted by atomic mass is 79.9. The van der Waals surface area contributed by atoms with E-state index in [9.17, 15) is 9.90 Å². The quantitative estimate of drug-likeness (QED) is 0.868. The van der Waals surface area contributed by atoms with Gasteiger partial charge in [0.1, 0.15) is 11.5 Å². The molecule has 0 bridgehead atoms. The van der Waals surface area contributed by atoms with Crippen molar-refractivity contribution in [3.8, 4) is 11.5 Å². The summed E-state index contributed by atoms with van der Waals surface area (Å²) in [6.07, 6.45) is 2.02. The molecule has 1 aromatic rings. The van der Waals surface area contributed by atoms with Crippen molar-refractivity contribution in [3.05, 3.63) is 23.8 Å². The second-order valence-electron chi connectivity index (χ2n) is 4.77. The smallest absolute Gasteiger partial charge is 0.257 e. The molecule has 1 saturated heterocycles. The highest BCUT2D eigenvalue weighted by Crippen LogP contribution is 2.26. The molecule has 4 nitrogen and oxygen atoms in total. The van der Waals surface area contributed by atoms with Gasteiger partial charge in [-0.25, -0.2) is 0 Å². The van der Waals surface area contributed by atoms with Crippen molar-refractivity contribution in [1.82, 2.24) is 4.90 Å². The van der Waals surface area contributed by atoms with Crippen LogP contribution in [-0.2, 0) is 0 Å². The SMILES string of the molecule is COc1ccc(C(=O)N2CCC(CBr)CC2)c(O)c1. The summed E-state index contributed by atoms with van der Waals surface area (Å²) in [7, 11) is 1.53. The van der Waals surface area contributed by atoms with Crippen molar-refractivity contribution in [3.63, 3.8) is 0 Å². The monoisotopic (exact) mass is 327 g/mol. The Hall–Kier alpha value is -1.23. The van der Waals surface area contributed by atoms with Gasteiger partial charge >= 0.3 is 0 Å². The molecule has 2 rings (SSSR count). The van der Waals surface area contributed by atoms with Crippen LogP contribution >= 0.6 is 15.9 Å². The fraction of sp³-hybridized carbons (Fsp3) is 0.500. The van der Waals surface area contributed by atoms with Crippen LogP contribution in [0.4, 0.5) is 0 Å². The van der Waals surface area contributed by atoms with E-state index in [1.807, 2.05) is 0 Å². The summed E-state index contributed by atoms with van der Waals surface area (Å²) in [4.78, 5) is 14.1. The summed E-state index contributed by atoms with van der Waals surface area (Å²) in [6.45, 7) is 1.50. The Labute approximate surface area is 121 Å². The van der Waals surface area contributed by atoms with Gasteiger partial charge in [-0.3, -0.25) is 4.79 Å². The molecule has 19 heavy (non-hydrogen) atoms. The van der Waals surface area contributed by atoms with Crippen molar-refractivity contribution < 1.29 is 14.6 Å². The summed E-state index contributed by atoms with van der Waals surface area (Å²) in [6, 6.07) is 4.78. The van der Waals surface area contributed by atoms with E-state index < -0.39 is 0 Å². The highest BCUT2D eigenvalue weighted by Gasteiger charge is 2.24. The number of phenolic OH excluding ortho intramolecular Hbond substituents is 1. The molecular weight excluding hydrogens is 310 g/mol. The number of piperidine rings is 1. The van der Waals surface area contributed by atoms with Gasteiger partial charge in [-0.15, -0.1) is 0 Å². The Balaban J connectivity index is 2.08. The van der Waals surface area contributed by atoms with Crippen LogP contribution in [0.3, 0.4) is 0 Å². The molecule has 104 valence electrons. The minimum Gasteiger partial charge on any atom is -0.507 e. The Morgan fingerprint density at radius 1 is 1.47 bits per heavy atom. The largest absolute Gasteiger partial charge is 0.507 e. The molecule has 0 spiro atoms. The lowest BCUT2D eigenvalue weighted by Crippen LogP contribution is -2.38. The Morgan fingerprint density at radius 2 is 2.16 bits per heavy atom. The predicted octanol–water partition coefficient (Wildman–Crippen LogP) is 2.65. The zero-order valence-corrected chi connectivity index (χ0v) is 12.5. The number of aromatic hydroxyl groups is 1. The normalized spacial score (nSPS) is 16.4. The average molecular weight is 328 g/mol. The second kappa shape index (κ2) is 6.28. The number of methoxy groups -OCH3 is 1. The van der Waals surface area contributed by atoms with Crippen LogP contribution < -0.4 is 4.74 Å². The van der Waals surface area contributed by atoms with E-state index in [4.69, 9.17) is 4.74 Å². The number of rotatable bonds is 3. The van der Waals surface area contributed by atoms with E-state index in [0.29, 0.717) is 17.2 Å². The predicted molar refractivity (Wildman–Crippen MR) is 77.1 cm³/mol. The topological polar surface area (TPSA) is 49.8 Å². The maximum Gasteiger partial charge on any atom is 0.257 e. The zero-order valence-electron chi connectivity index (χ0n) is 10.9. The number of alkyl halides is 1. The lowest BCUT2D eigenvalue weighted by molar-refractivity contribution is 0.0696. The van der Waals surface area contributed by atoms with Gasteiger partial charge in [0, 0.05) is 24.5 Å². The molecule has 0 saturated carbocycles. The van der Waals surface area contributed by atoms with E-state index in [0.717, 1.165) is 31.3 Å². The molecule has 1 aliphatic rings. The van der Waals surface area contributed by atoms with Crippen LogP contribution in [-0.4, -0.2) is 41.4 Å². The van der Waals surface area contributed by atoms with Crippen LogP contribution in [0.25, 0.3) is 0 Å². The van der Waals surface area contributed by atoms with Crippen LogP contribution in [0.1, 0.15) is 23.2 Å². The zero-order chi connectivity index (χ0) is 13.8. The summed E-state index contributed by atoms with van der Waals surface area (Å²) < 4.78 is 5.01. The molecule has 0 radical (unpaired) electrons. The summed E-state index contributed by atoms with van der Waals surface area (Å²) in [5.74, 6) is 1.07. The number of benzene rings is 1. The molecule has 1 aromatic carbocycles. The third kappa shape index (κ3) is 3.21. The molecule has 1 amide bonds. The fourth-order valence-corrected chi connectivity index (χ4v) is 2.93. The molecule has 0 unspecified atom stereocenters. The van der Waals surface area contributed by atoms with E-state index in [1.165, 1.54) is 13.2 Å². The van der Waals surface area contributed by atoms with Crippen molar-refractivity contribution in [2.24, 2.45) is 5.92 Å². The second-order valence-corrected chi connectivity index (χ2v) is 5.42. The Kier molecular flexibility index (Phi) is 4.69. The van der Waals surface area contributed by atoms with Crippen LogP contribution in [0.15, 0.2) is 18.2 Å². The van der Waals surface area contributed by atoms with Crippen LogP contribution in [0, 0.1) is 5.92 Å². The average Bonchev–Trinajstić information content (AvgIpc) is 2.46. The van der Waals surface area contributed by atoms with Gasteiger partial charge < -0.3 is 14.7 Å². The first-order valence-electron chi connectivity index (χ1n) is 6.38. The molecule has 5 heteroatoms. The van der Waals surface area contributed by atoms with Crippen molar-refractivity contribution in [2.45, 2.75) is 12.8 Å². The van der Waals surface area contributed by atoms with E-state index in [1.54, 1.807) is 17.0 Å². The number of likely N-dealkylation sites (tertiary alicyclic amines) is 1. The van der Waals surface area contributed by atoms with Gasteiger partial charge in [0.05, 0.1) is 12.7 Å². The Morgan fingerprint density at radius 3 is 2.68 bits per heavy atom. The standard InChI is InChI=1S/C14H18BrNO3/c1-19-11-2-3-12(13(17)8-11)14(18)16-6-4-10(9-15)5-7-16/h2-3,8,10,17H,4-7,9H2,1H3. The van der Waals surface area contributed by atoms with Crippen molar-refractivity contribution >= 4 is 21.8 Å². The number of amides is 1. The number of carbonyl (C=O) groups excluding carboxylic acids is 1. The molecule has 1 heterocycles. The van der Waals surface area contributed by atoms with Crippen LogP contribution in [0.2, 0.25) is 0 Å². The molecule has 1 N–H and O–H groups in total. The van der Waals surface area contributed by atoms with E-state index >= 15 is 0 Å². The first-order valence-corrected chi connectivity index (χ1v) is 7.50. The summed E-state index contributed by atoms with van der Waals surface area (Å²) in [5, 5.41) is 10.9. The van der Waals surface area contributed by atoms with Gasteiger partial charge in [0.25, 0.3) is 5.91 Å². The highest BCUT2D eigenvalue weighted by molar-refractivity contribution is 9.09. The number of phenols is 1. The minimum absolute atomic E-state index is 0.0213. The van der Waals surface area contributed by atoms with E-state index in [-0.39, 0.29) is 11.7 Å². The lowest BCUT2D eigenvalue weighted by atomic mass is 9.98. The maximum atomic E-state index is 12.3. The van der Waals surface area contributed by atoms with Crippen molar-refractivity contribution in [1.29, 1.82) is 0 Å². The third-order valence-electron chi connectivity index (χ3n) is 3.56. The van der Waals surface area contributed by atoms with E-state index in [2.05, 4.69) is 15.9 Å². The first kappa shape index (κ1) is 14.2. The number of ether oxygens (including phenoxy) is 1. The molecule has 1 aliphatic heterocycles. The molecular formula is C14H18BrNO3. The summed E-state index contributed by atoms with van der Waals surface area (Å²) in [5.41, 5.74) is 0.345. The summed E-state index contributed by atoms with van der Waals surface area (Å²) >= 11 is 3.48. The number of nitrogens with zero attached hydrogens (tertiary/aromatic N) is 1. The van der Waals surface area contributed by atoms with Gasteiger partial charge in [-0.2, -0.15) is 0 Å². The fourth-order valence-electron chi connectivity index (χ4n) is 2.28. The third-order valence-corrected chi connectivity index (χ3v) is 4.47. The van der Waals surface area contributed by atoms with Crippen molar-refractivity contribution in [2.75, 3.05) is 25.5 Å². The van der Waals surface area contributed by atoms with Gasteiger partial charge in [0.15, 0.2) is 0 Å². The molecule has 0 aliphatic carbocycles. The number of hydrogen-bond acceptors (Lipinski definition) is 3. The Bertz CT molecular complexity index is 456. The number of carbonyl (C=O) groups is 1. The number of hydrogen-bond donors (Lipinski definition) is 1. The minimum atomic E-state index is -0.104. The van der Waals surface area contributed by atoms with Gasteiger partial charge in [-0.05, 0) is 30.9 Å². The molecule has 0 aromatic heterocycles. The molecule has 0 atom stereocenters. The first-order chi connectivity index (χ1) is 9.15. The maximum absolute atomic E-state index is 12.3. The number of halogens is 1. The molecule has 1 fully saturated rings. The lowest BCUT2D eigenvalue weighted by Gasteiger charge is -2.31. The van der Waals surface area contributed by atoms with Gasteiger partial charge in [0.2, 0.25) is 0 Å². The van der Waals surface area contributed by atoms with Gasteiger partial charge in [-0.1, -0.05) is 15.9 Å². The van der Waals surface area contributed by atoms with Crippen LogP contribution in [0.5, 0.6) is 11.5 Å².